The molecule has 32 heavy (non-hydrogen) atoms. The number of aliphatic imine (C=N–C) groups is 1. The number of guanidine groups is 1. The minimum absolute atomic E-state index is 0. The number of hydrogen-bond acceptors (Lipinski definition) is 5. The van der Waals surface area contributed by atoms with Gasteiger partial charge in [-0.1, -0.05) is 0 Å². The number of ether oxygens (including phenoxy) is 2. The van der Waals surface area contributed by atoms with E-state index in [0.717, 1.165) is 36.5 Å². The average molecular weight is 556 g/mol. The molecule has 8 nitrogen and oxygen atoms in total. The first-order chi connectivity index (χ1) is 15.1. The highest BCUT2D eigenvalue weighted by atomic mass is 127. The van der Waals surface area contributed by atoms with E-state index in [0.29, 0.717) is 31.8 Å². The summed E-state index contributed by atoms with van der Waals surface area (Å²) < 4.78 is 16.5. The molecule has 1 fully saturated rings. The molecule has 0 bridgehead atoms. The summed E-state index contributed by atoms with van der Waals surface area (Å²) in [4.78, 5) is 16.4. The van der Waals surface area contributed by atoms with Gasteiger partial charge in [0.1, 0.15) is 24.7 Å². The molecule has 0 spiro atoms. The molecule has 3 N–H and O–H groups in total. The first kappa shape index (κ1) is 26.0. The van der Waals surface area contributed by atoms with Crippen molar-refractivity contribution in [3.63, 3.8) is 0 Å². The molecule has 1 aromatic heterocycles. The van der Waals surface area contributed by atoms with Gasteiger partial charge in [0.15, 0.2) is 5.96 Å². The summed E-state index contributed by atoms with van der Waals surface area (Å²) in [5.74, 6) is 2.11. The Balaban J connectivity index is 0.00000363. The maximum Gasteiger partial charge on any atom is 0.242 e. The lowest BCUT2D eigenvalue weighted by molar-refractivity contribution is -0.119. The van der Waals surface area contributed by atoms with Crippen molar-refractivity contribution in [3.8, 4) is 5.75 Å². The van der Waals surface area contributed by atoms with Crippen molar-refractivity contribution in [1.82, 2.24) is 10.6 Å². The second-order valence-corrected chi connectivity index (χ2v) is 7.73. The third kappa shape index (κ3) is 10.4. The number of rotatable bonds is 12. The highest BCUT2D eigenvalue weighted by Gasteiger charge is 2.22. The van der Waals surface area contributed by atoms with E-state index in [1.807, 2.05) is 50.2 Å². The van der Waals surface area contributed by atoms with Crippen molar-refractivity contribution in [3.05, 3.63) is 48.4 Å². The Morgan fingerprint density at radius 3 is 2.66 bits per heavy atom. The van der Waals surface area contributed by atoms with E-state index >= 15 is 0 Å². The molecule has 3 rings (SSSR count). The molecule has 0 unspecified atom stereocenters. The van der Waals surface area contributed by atoms with E-state index in [-0.39, 0.29) is 42.5 Å². The van der Waals surface area contributed by atoms with Gasteiger partial charge in [-0.05, 0) is 69.5 Å². The van der Waals surface area contributed by atoms with E-state index in [1.54, 1.807) is 6.26 Å². The van der Waals surface area contributed by atoms with E-state index < -0.39 is 0 Å². The Hall–Kier alpha value is -2.27. The Morgan fingerprint density at radius 1 is 1.22 bits per heavy atom. The summed E-state index contributed by atoms with van der Waals surface area (Å²) in [6.07, 6.45) is 4.66. The van der Waals surface area contributed by atoms with Crippen LogP contribution in [0.3, 0.4) is 0 Å². The van der Waals surface area contributed by atoms with Crippen molar-refractivity contribution in [2.24, 2.45) is 4.99 Å². The summed E-state index contributed by atoms with van der Waals surface area (Å²) in [7, 11) is 0. The molecule has 2 aromatic rings. The highest BCUT2D eigenvalue weighted by molar-refractivity contribution is 14.0. The van der Waals surface area contributed by atoms with Gasteiger partial charge in [-0.15, -0.1) is 24.0 Å². The van der Waals surface area contributed by atoms with Crippen molar-refractivity contribution in [2.75, 3.05) is 25.0 Å². The van der Waals surface area contributed by atoms with Crippen LogP contribution in [0, 0.1) is 0 Å². The summed E-state index contributed by atoms with van der Waals surface area (Å²) in [5, 5.41) is 9.45. The van der Waals surface area contributed by atoms with Crippen LogP contribution in [0.5, 0.6) is 5.75 Å². The van der Waals surface area contributed by atoms with Crippen LogP contribution in [0.2, 0.25) is 0 Å². The number of amides is 1. The van der Waals surface area contributed by atoms with Crippen LogP contribution >= 0.6 is 24.0 Å². The molecule has 0 aliphatic heterocycles. The van der Waals surface area contributed by atoms with Crippen LogP contribution in [0.15, 0.2) is 52.1 Å². The topological polar surface area (TPSA) is 97.1 Å². The number of nitrogens with zero attached hydrogens (tertiary/aromatic N) is 1. The summed E-state index contributed by atoms with van der Waals surface area (Å²) in [6, 6.07) is 11.7. The maximum atomic E-state index is 12.0. The number of furan rings is 1. The molecular weight excluding hydrogens is 523 g/mol. The molecule has 0 saturated heterocycles. The fourth-order valence-corrected chi connectivity index (χ4v) is 2.77. The van der Waals surface area contributed by atoms with Crippen LogP contribution in [0.4, 0.5) is 5.69 Å². The van der Waals surface area contributed by atoms with Crippen LogP contribution in [-0.4, -0.2) is 43.7 Å². The first-order valence-corrected chi connectivity index (χ1v) is 10.8. The molecular formula is C23H33IN4O4. The summed E-state index contributed by atoms with van der Waals surface area (Å²) >= 11 is 0. The van der Waals surface area contributed by atoms with Crippen LogP contribution < -0.4 is 20.7 Å². The summed E-state index contributed by atoms with van der Waals surface area (Å²) in [5.41, 5.74) is 0.860. The van der Waals surface area contributed by atoms with Gasteiger partial charge in [0.2, 0.25) is 5.91 Å². The lowest BCUT2D eigenvalue weighted by Crippen LogP contribution is -2.34. The molecule has 1 saturated carbocycles. The van der Waals surface area contributed by atoms with Crippen molar-refractivity contribution in [1.29, 1.82) is 0 Å². The Kier molecular flexibility index (Phi) is 11.4. The molecule has 0 radical (unpaired) electrons. The minimum atomic E-state index is -0.0638. The standard InChI is InChI=1S/C23H32N4O4.HI/c1-17(2)31-20-10-8-19(9-11-20)27-23(25-15-22(28)26-18-6-7-18)24-12-4-13-29-16-21-5-3-14-30-21;/h3,5,8-11,14,17-18H,4,6-7,12-13,15-16H2,1-2H3,(H,26,28)(H2,24,25,27);1H. The normalized spacial score (nSPS) is 13.4. The van der Waals surface area contributed by atoms with Crippen LogP contribution in [0.1, 0.15) is 38.9 Å². The second-order valence-electron chi connectivity index (χ2n) is 7.73. The highest BCUT2D eigenvalue weighted by Crippen LogP contribution is 2.18. The van der Waals surface area contributed by atoms with Gasteiger partial charge in [0, 0.05) is 24.9 Å². The zero-order valence-corrected chi connectivity index (χ0v) is 21.0. The van der Waals surface area contributed by atoms with Gasteiger partial charge < -0.3 is 29.8 Å². The molecule has 9 heteroatoms. The number of anilines is 1. The largest absolute Gasteiger partial charge is 0.491 e. The number of carbonyl (C=O) groups is 1. The molecule has 0 atom stereocenters. The number of benzene rings is 1. The number of halogens is 1. The van der Waals surface area contributed by atoms with Crippen LogP contribution in [-0.2, 0) is 16.1 Å². The number of nitrogens with one attached hydrogen (secondary N) is 3. The zero-order chi connectivity index (χ0) is 21.9. The van der Waals surface area contributed by atoms with E-state index in [4.69, 9.17) is 13.9 Å². The quantitative estimate of drug-likeness (QED) is 0.159. The van der Waals surface area contributed by atoms with Gasteiger partial charge >= 0.3 is 0 Å². The first-order valence-electron chi connectivity index (χ1n) is 10.8. The molecule has 1 aromatic carbocycles. The molecule has 1 aliphatic rings. The lowest BCUT2D eigenvalue weighted by atomic mass is 10.3. The van der Waals surface area contributed by atoms with Crippen molar-refractivity contribution < 1.29 is 18.7 Å². The predicted molar refractivity (Wildman–Crippen MR) is 136 cm³/mol. The third-order valence-corrected chi connectivity index (χ3v) is 4.39. The summed E-state index contributed by atoms with van der Waals surface area (Å²) in [6.45, 7) is 5.76. The van der Waals surface area contributed by atoms with E-state index in [9.17, 15) is 4.79 Å². The van der Waals surface area contributed by atoms with E-state index in [2.05, 4.69) is 20.9 Å². The SMILES string of the molecule is CC(C)Oc1ccc(NC(=NCC(=O)NC2CC2)NCCCOCc2ccco2)cc1.I. The molecule has 1 aliphatic carbocycles. The Labute approximate surface area is 206 Å². The van der Waals surface area contributed by atoms with Gasteiger partial charge in [-0.3, -0.25) is 4.79 Å². The van der Waals surface area contributed by atoms with Crippen LogP contribution in [0.25, 0.3) is 0 Å². The smallest absolute Gasteiger partial charge is 0.242 e. The third-order valence-electron chi connectivity index (χ3n) is 4.39. The average Bonchev–Trinajstić information content (AvgIpc) is 3.40. The Bertz CT molecular complexity index is 821. The fourth-order valence-electron chi connectivity index (χ4n) is 2.77. The maximum absolute atomic E-state index is 12.0. The number of hydrogen-bond donors (Lipinski definition) is 3. The molecule has 1 heterocycles. The van der Waals surface area contributed by atoms with Crippen molar-refractivity contribution >= 4 is 41.5 Å². The van der Waals surface area contributed by atoms with Gasteiger partial charge in [-0.25, -0.2) is 4.99 Å². The lowest BCUT2D eigenvalue weighted by Gasteiger charge is -2.14. The molecule has 1 amide bonds. The second kappa shape index (κ2) is 14.0. The van der Waals surface area contributed by atoms with E-state index in [1.165, 1.54) is 0 Å². The minimum Gasteiger partial charge on any atom is -0.491 e. The number of carbonyl (C=O) groups excluding carboxylic acids is 1. The Morgan fingerprint density at radius 2 is 2.00 bits per heavy atom. The van der Waals surface area contributed by atoms with Gasteiger partial charge in [0.05, 0.1) is 12.4 Å². The predicted octanol–water partition coefficient (Wildman–Crippen LogP) is 3.93. The fraction of sp³-hybridized carbons (Fsp3) is 0.478. The van der Waals surface area contributed by atoms with Gasteiger partial charge in [0.25, 0.3) is 0 Å². The molecule has 176 valence electrons. The monoisotopic (exact) mass is 556 g/mol. The van der Waals surface area contributed by atoms with Crippen molar-refractivity contribution in [2.45, 2.75) is 51.9 Å². The van der Waals surface area contributed by atoms with Gasteiger partial charge in [-0.2, -0.15) is 0 Å². The zero-order valence-electron chi connectivity index (χ0n) is 18.6.